The zero-order chi connectivity index (χ0) is 13.1. The van der Waals surface area contributed by atoms with Crippen LogP contribution < -0.4 is 5.32 Å². The summed E-state index contributed by atoms with van der Waals surface area (Å²) in [5.41, 5.74) is 3.54. The van der Waals surface area contributed by atoms with Crippen molar-refractivity contribution in [3.05, 3.63) is 35.7 Å². The van der Waals surface area contributed by atoms with E-state index in [0.29, 0.717) is 6.04 Å². The third kappa shape index (κ3) is 2.79. The molecule has 2 heterocycles. The average Bonchev–Trinajstić information content (AvgIpc) is 2.86. The lowest BCUT2D eigenvalue weighted by Gasteiger charge is -2.12. The SMILES string of the molecule is Cc1nn(C)cc1CNCc1cncn1C(C)C. The third-order valence-electron chi connectivity index (χ3n) is 3.04. The molecule has 0 unspecified atom stereocenters. The first-order valence-electron chi connectivity index (χ1n) is 6.28. The maximum atomic E-state index is 4.33. The molecule has 0 bridgehead atoms. The van der Waals surface area contributed by atoms with Crippen LogP contribution in [0.15, 0.2) is 18.7 Å². The molecule has 0 saturated carbocycles. The van der Waals surface area contributed by atoms with Gasteiger partial charge in [-0.3, -0.25) is 4.68 Å². The number of hydrogen-bond acceptors (Lipinski definition) is 3. The van der Waals surface area contributed by atoms with Gasteiger partial charge in [0.25, 0.3) is 0 Å². The Morgan fingerprint density at radius 2 is 2.11 bits per heavy atom. The van der Waals surface area contributed by atoms with Crippen LogP contribution in [-0.4, -0.2) is 19.3 Å². The van der Waals surface area contributed by atoms with Crippen molar-refractivity contribution < 1.29 is 0 Å². The van der Waals surface area contributed by atoms with Gasteiger partial charge in [0, 0.05) is 44.1 Å². The van der Waals surface area contributed by atoms with Crippen molar-refractivity contribution >= 4 is 0 Å². The predicted octanol–water partition coefficient (Wildman–Crippen LogP) is 1.80. The van der Waals surface area contributed by atoms with Crippen molar-refractivity contribution in [3.8, 4) is 0 Å². The molecule has 2 rings (SSSR count). The van der Waals surface area contributed by atoms with E-state index in [-0.39, 0.29) is 0 Å². The van der Waals surface area contributed by atoms with E-state index >= 15 is 0 Å². The molecule has 5 nitrogen and oxygen atoms in total. The lowest BCUT2D eigenvalue weighted by atomic mass is 10.2. The van der Waals surface area contributed by atoms with Gasteiger partial charge in [-0.15, -0.1) is 0 Å². The van der Waals surface area contributed by atoms with Crippen molar-refractivity contribution in [3.63, 3.8) is 0 Å². The molecule has 0 amide bonds. The first kappa shape index (κ1) is 12.8. The normalized spacial score (nSPS) is 11.4. The van der Waals surface area contributed by atoms with Gasteiger partial charge in [0.1, 0.15) is 0 Å². The molecule has 0 radical (unpaired) electrons. The summed E-state index contributed by atoms with van der Waals surface area (Å²) in [7, 11) is 1.95. The Labute approximate surface area is 108 Å². The van der Waals surface area contributed by atoms with E-state index in [2.05, 4.69) is 40.0 Å². The molecular formula is C13H21N5. The number of nitrogens with one attached hydrogen (secondary N) is 1. The molecule has 5 heteroatoms. The Balaban J connectivity index is 1.92. The molecular weight excluding hydrogens is 226 g/mol. The highest BCUT2D eigenvalue weighted by Crippen LogP contribution is 2.09. The monoisotopic (exact) mass is 247 g/mol. The standard InChI is InChI=1S/C13H21N5/c1-10(2)18-9-15-7-13(18)6-14-5-12-8-17(4)16-11(12)3/h7-10,14H,5-6H2,1-4H3. The Hall–Kier alpha value is -1.62. The lowest BCUT2D eigenvalue weighted by molar-refractivity contribution is 0.550. The van der Waals surface area contributed by atoms with Crippen LogP contribution in [-0.2, 0) is 20.1 Å². The predicted molar refractivity (Wildman–Crippen MR) is 71.1 cm³/mol. The van der Waals surface area contributed by atoms with Crippen LogP contribution >= 0.6 is 0 Å². The Kier molecular flexibility index (Phi) is 3.81. The number of aromatic nitrogens is 4. The van der Waals surface area contributed by atoms with Gasteiger partial charge in [0.15, 0.2) is 0 Å². The maximum absolute atomic E-state index is 4.33. The summed E-state index contributed by atoms with van der Waals surface area (Å²) in [6, 6.07) is 0.449. The van der Waals surface area contributed by atoms with Gasteiger partial charge in [0.2, 0.25) is 0 Å². The molecule has 0 aliphatic carbocycles. The zero-order valence-electron chi connectivity index (χ0n) is 11.5. The van der Waals surface area contributed by atoms with Crippen molar-refractivity contribution in [1.29, 1.82) is 0 Å². The van der Waals surface area contributed by atoms with Gasteiger partial charge in [0.05, 0.1) is 17.7 Å². The van der Waals surface area contributed by atoms with Crippen LogP contribution in [0.4, 0.5) is 0 Å². The highest BCUT2D eigenvalue weighted by molar-refractivity contribution is 5.15. The van der Waals surface area contributed by atoms with Gasteiger partial charge in [-0.25, -0.2) is 4.98 Å². The lowest BCUT2D eigenvalue weighted by Crippen LogP contribution is -2.16. The summed E-state index contributed by atoms with van der Waals surface area (Å²) in [4.78, 5) is 4.20. The number of imidazole rings is 1. The Bertz CT molecular complexity index is 509. The first-order valence-corrected chi connectivity index (χ1v) is 6.28. The molecule has 1 N–H and O–H groups in total. The van der Waals surface area contributed by atoms with Crippen molar-refractivity contribution in [2.24, 2.45) is 7.05 Å². The zero-order valence-corrected chi connectivity index (χ0v) is 11.5. The number of hydrogen-bond donors (Lipinski definition) is 1. The van der Waals surface area contributed by atoms with E-state index in [9.17, 15) is 0 Å². The minimum absolute atomic E-state index is 0.449. The quantitative estimate of drug-likeness (QED) is 0.876. The fourth-order valence-corrected chi connectivity index (χ4v) is 2.08. The number of nitrogens with zero attached hydrogens (tertiary/aromatic N) is 4. The molecule has 98 valence electrons. The van der Waals surface area contributed by atoms with Gasteiger partial charge < -0.3 is 9.88 Å². The topological polar surface area (TPSA) is 47.7 Å². The van der Waals surface area contributed by atoms with E-state index in [4.69, 9.17) is 0 Å². The van der Waals surface area contributed by atoms with E-state index < -0.39 is 0 Å². The molecule has 2 aromatic heterocycles. The molecule has 0 saturated heterocycles. The van der Waals surface area contributed by atoms with Crippen molar-refractivity contribution in [2.75, 3.05) is 0 Å². The molecule has 0 aromatic carbocycles. The minimum Gasteiger partial charge on any atom is -0.331 e. The summed E-state index contributed by atoms with van der Waals surface area (Å²) in [5.74, 6) is 0. The van der Waals surface area contributed by atoms with Crippen LogP contribution in [0.2, 0.25) is 0 Å². The molecule has 0 fully saturated rings. The van der Waals surface area contributed by atoms with Crippen LogP contribution in [0.3, 0.4) is 0 Å². The molecule has 0 atom stereocenters. The summed E-state index contributed by atoms with van der Waals surface area (Å²) in [6.45, 7) is 8.03. The van der Waals surface area contributed by atoms with Crippen LogP contribution in [0.1, 0.15) is 36.8 Å². The van der Waals surface area contributed by atoms with Crippen LogP contribution in [0, 0.1) is 6.92 Å². The van der Waals surface area contributed by atoms with Gasteiger partial charge >= 0.3 is 0 Å². The third-order valence-corrected chi connectivity index (χ3v) is 3.04. The van der Waals surface area contributed by atoms with Gasteiger partial charge in [-0.05, 0) is 20.8 Å². The molecule has 0 spiro atoms. The second kappa shape index (κ2) is 5.35. The maximum Gasteiger partial charge on any atom is 0.0951 e. The van der Waals surface area contributed by atoms with Gasteiger partial charge in [-0.2, -0.15) is 5.10 Å². The Morgan fingerprint density at radius 3 is 2.72 bits per heavy atom. The molecule has 0 aliphatic heterocycles. The van der Waals surface area contributed by atoms with Crippen LogP contribution in [0.5, 0.6) is 0 Å². The highest BCUT2D eigenvalue weighted by atomic mass is 15.3. The van der Waals surface area contributed by atoms with Crippen LogP contribution in [0.25, 0.3) is 0 Å². The smallest absolute Gasteiger partial charge is 0.0951 e. The summed E-state index contributed by atoms with van der Waals surface area (Å²) < 4.78 is 4.04. The first-order chi connectivity index (χ1) is 8.58. The highest BCUT2D eigenvalue weighted by Gasteiger charge is 2.06. The summed E-state index contributed by atoms with van der Waals surface area (Å²) >= 11 is 0. The largest absolute Gasteiger partial charge is 0.331 e. The number of aryl methyl sites for hydroxylation is 2. The second-order valence-electron chi connectivity index (χ2n) is 4.90. The van der Waals surface area contributed by atoms with Crippen molar-refractivity contribution in [1.82, 2.24) is 24.6 Å². The fourth-order valence-electron chi connectivity index (χ4n) is 2.08. The van der Waals surface area contributed by atoms with Gasteiger partial charge in [-0.1, -0.05) is 0 Å². The Morgan fingerprint density at radius 1 is 1.33 bits per heavy atom. The fraction of sp³-hybridized carbons (Fsp3) is 0.538. The van der Waals surface area contributed by atoms with E-state index in [1.807, 2.05) is 31.2 Å². The summed E-state index contributed by atoms with van der Waals surface area (Å²) in [6.07, 6.45) is 5.86. The summed E-state index contributed by atoms with van der Waals surface area (Å²) in [5, 5.41) is 7.77. The average molecular weight is 247 g/mol. The molecule has 2 aromatic rings. The molecule has 0 aliphatic rings. The van der Waals surface area contributed by atoms with E-state index in [1.54, 1.807) is 0 Å². The van der Waals surface area contributed by atoms with Crippen molar-refractivity contribution in [2.45, 2.75) is 39.9 Å². The van der Waals surface area contributed by atoms with E-state index in [0.717, 1.165) is 18.8 Å². The molecule has 18 heavy (non-hydrogen) atoms. The second-order valence-corrected chi connectivity index (χ2v) is 4.90. The number of rotatable bonds is 5. The van der Waals surface area contributed by atoms with E-state index in [1.165, 1.54) is 11.3 Å². The minimum atomic E-state index is 0.449.